The fourth-order valence-corrected chi connectivity index (χ4v) is 5.44. The molecule has 7 nitrogen and oxygen atoms in total. The Kier molecular flexibility index (Phi) is 6.96. The smallest absolute Gasteiger partial charge is 0.337 e. The Morgan fingerprint density at radius 3 is 2.82 bits per heavy atom. The van der Waals surface area contributed by atoms with E-state index in [1.165, 1.54) is 35.8 Å². The number of terminal acetylenes is 1. The number of amides is 2. The maximum atomic E-state index is 12.6. The van der Waals surface area contributed by atoms with Gasteiger partial charge in [-0.15, -0.1) is 18.2 Å². The first kappa shape index (κ1) is 22.8. The lowest BCUT2D eigenvalue weighted by Crippen LogP contribution is -2.30. The molecule has 1 aliphatic heterocycles. The van der Waals surface area contributed by atoms with Gasteiger partial charge >= 0.3 is 5.97 Å². The Morgan fingerprint density at radius 2 is 2.03 bits per heavy atom. The van der Waals surface area contributed by atoms with Gasteiger partial charge in [0.2, 0.25) is 5.91 Å². The fraction of sp³-hybridized carbons (Fsp3) is 0.250. The van der Waals surface area contributed by atoms with Crippen LogP contribution in [0.15, 0.2) is 47.5 Å². The van der Waals surface area contributed by atoms with E-state index >= 15 is 0 Å². The number of benzene rings is 2. The van der Waals surface area contributed by atoms with Crippen LogP contribution in [0.2, 0.25) is 0 Å². The molecule has 168 valence electrons. The summed E-state index contributed by atoms with van der Waals surface area (Å²) in [7, 11) is 1.32. The average molecular weight is 480 g/mol. The molecule has 0 saturated carbocycles. The number of carbonyl (C=O) groups excluding carboxylic acids is 3. The summed E-state index contributed by atoms with van der Waals surface area (Å²) in [5, 5.41) is 0. The number of hydrogen-bond donors (Lipinski definition) is 0. The molecular formula is C24H21N3O4S2. The van der Waals surface area contributed by atoms with Crippen molar-refractivity contribution in [3.05, 3.63) is 58.4 Å². The van der Waals surface area contributed by atoms with Crippen LogP contribution >= 0.6 is 23.1 Å². The summed E-state index contributed by atoms with van der Waals surface area (Å²) < 4.78 is 7.30. The second-order valence-electron chi connectivity index (χ2n) is 7.27. The predicted octanol–water partition coefficient (Wildman–Crippen LogP) is 2.87. The SMILES string of the molecule is C#CCn1c(=NC(=O)CSCC(=O)N2CCc3ccccc32)sc2cc(C(=O)OC)ccc21. The van der Waals surface area contributed by atoms with Crippen LogP contribution in [-0.2, 0) is 27.3 Å². The summed E-state index contributed by atoms with van der Waals surface area (Å²) in [6.45, 7) is 0.905. The zero-order valence-corrected chi connectivity index (χ0v) is 19.6. The molecule has 0 saturated heterocycles. The number of para-hydroxylation sites is 1. The van der Waals surface area contributed by atoms with Crippen molar-refractivity contribution in [3.8, 4) is 12.3 Å². The molecular weight excluding hydrogens is 458 g/mol. The third kappa shape index (κ3) is 4.87. The van der Waals surface area contributed by atoms with E-state index in [2.05, 4.69) is 10.9 Å². The zero-order chi connectivity index (χ0) is 23.4. The minimum absolute atomic E-state index is 0.0163. The van der Waals surface area contributed by atoms with Crippen molar-refractivity contribution in [1.82, 2.24) is 4.57 Å². The summed E-state index contributed by atoms with van der Waals surface area (Å²) in [4.78, 5) is 43.4. The third-order valence-electron chi connectivity index (χ3n) is 5.21. The highest BCUT2D eigenvalue weighted by atomic mass is 32.2. The summed E-state index contributed by atoms with van der Waals surface area (Å²) in [5.74, 6) is 2.06. The number of thioether (sulfide) groups is 1. The van der Waals surface area contributed by atoms with Crippen molar-refractivity contribution in [1.29, 1.82) is 0 Å². The Labute approximate surface area is 199 Å². The van der Waals surface area contributed by atoms with Crippen LogP contribution in [0.3, 0.4) is 0 Å². The minimum atomic E-state index is -0.440. The van der Waals surface area contributed by atoms with Gasteiger partial charge in [-0.1, -0.05) is 35.5 Å². The Morgan fingerprint density at radius 1 is 1.21 bits per heavy atom. The van der Waals surface area contributed by atoms with Gasteiger partial charge in [-0.3, -0.25) is 9.59 Å². The third-order valence-corrected chi connectivity index (χ3v) is 7.16. The van der Waals surface area contributed by atoms with Crippen molar-refractivity contribution >= 4 is 56.8 Å². The monoisotopic (exact) mass is 479 g/mol. The lowest BCUT2D eigenvalue weighted by atomic mass is 10.2. The van der Waals surface area contributed by atoms with Gasteiger partial charge in [0.15, 0.2) is 4.80 Å². The molecule has 3 aromatic rings. The molecule has 0 atom stereocenters. The van der Waals surface area contributed by atoms with E-state index in [-0.39, 0.29) is 29.9 Å². The summed E-state index contributed by atoms with van der Waals surface area (Å²) in [6.07, 6.45) is 6.35. The molecule has 0 spiro atoms. The molecule has 2 heterocycles. The van der Waals surface area contributed by atoms with Crippen LogP contribution in [0.4, 0.5) is 5.69 Å². The molecule has 0 N–H and O–H groups in total. The largest absolute Gasteiger partial charge is 0.465 e. The molecule has 2 aromatic carbocycles. The van der Waals surface area contributed by atoms with Gasteiger partial charge in [0.1, 0.15) is 0 Å². The van der Waals surface area contributed by atoms with Gasteiger partial charge in [0.05, 0.1) is 40.9 Å². The second-order valence-corrected chi connectivity index (χ2v) is 9.27. The van der Waals surface area contributed by atoms with E-state index in [1.54, 1.807) is 27.7 Å². The molecule has 1 aliphatic rings. The Hall–Kier alpha value is -3.35. The number of aromatic nitrogens is 1. The number of nitrogens with zero attached hydrogens (tertiary/aromatic N) is 3. The quantitative estimate of drug-likeness (QED) is 0.401. The summed E-state index contributed by atoms with van der Waals surface area (Å²) in [5.41, 5.74) is 3.31. The first-order valence-corrected chi connectivity index (χ1v) is 12.2. The van der Waals surface area contributed by atoms with Crippen molar-refractivity contribution in [2.45, 2.75) is 13.0 Å². The predicted molar refractivity (Wildman–Crippen MR) is 130 cm³/mol. The van der Waals surface area contributed by atoms with Gasteiger partial charge in [-0.2, -0.15) is 4.99 Å². The number of rotatable bonds is 6. The number of thiazole rings is 1. The maximum Gasteiger partial charge on any atom is 0.337 e. The zero-order valence-electron chi connectivity index (χ0n) is 17.9. The van der Waals surface area contributed by atoms with E-state index in [0.29, 0.717) is 16.9 Å². The first-order valence-electron chi connectivity index (χ1n) is 10.2. The number of methoxy groups -OCH3 is 1. The minimum Gasteiger partial charge on any atom is -0.465 e. The molecule has 0 unspecified atom stereocenters. The van der Waals surface area contributed by atoms with Gasteiger partial charge in [0.25, 0.3) is 5.91 Å². The van der Waals surface area contributed by atoms with Crippen LogP contribution in [0.25, 0.3) is 10.2 Å². The van der Waals surface area contributed by atoms with Crippen LogP contribution < -0.4 is 9.70 Å². The van der Waals surface area contributed by atoms with E-state index in [0.717, 1.165) is 22.3 Å². The highest BCUT2D eigenvalue weighted by molar-refractivity contribution is 8.00. The lowest BCUT2D eigenvalue weighted by Gasteiger charge is -2.16. The number of ether oxygens (including phenoxy) is 1. The molecule has 9 heteroatoms. The number of hydrogen-bond acceptors (Lipinski definition) is 6. The van der Waals surface area contributed by atoms with Crippen LogP contribution in [-0.4, -0.2) is 47.5 Å². The van der Waals surface area contributed by atoms with Gasteiger partial charge in [-0.25, -0.2) is 4.79 Å². The van der Waals surface area contributed by atoms with Crippen molar-refractivity contribution in [2.75, 3.05) is 30.1 Å². The van der Waals surface area contributed by atoms with E-state index in [1.807, 2.05) is 24.3 Å². The number of fused-ring (bicyclic) bond motifs is 2. The molecule has 4 rings (SSSR count). The molecule has 0 fully saturated rings. The Bertz CT molecular complexity index is 1350. The van der Waals surface area contributed by atoms with Crippen molar-refractivity contribution < 1.29 is 19.1 Å². The molecule has 0 radical (unpaired) electrons. The molecule has 0 aliphatic carbocycles. The van der Waals surface area contributed by atoms with Gasteiger partial charge in [0, 0.05) is 12.2 Å². The fourth-order valence-electron chi connectivity index (χ4n) is 3.69. The molecule has 2 amide bonds. The van der Waals surface area contributed by atoms with Crippen molar-refractivity contribution in [2.24, 2.45) is 4.99 Å². The van der Waals surface area contributed by atoms with E-state index < -0.39 is 5.97 Å². The summed E-state index contributed by atoms with van der Waals surface area (Å²) in [6, 6.07) is 13.0. The van der Waals surface area contributed by atoms with Gasteiger partial charge in [-0.05, 0) is 36.2 Å². The lowest BCUT2D eigenvalue weighted by molar-refractivity contribution is -0.116. The normalized spacial score (nSPS) is 13.1. The van der Waals surface area contributed by atoms with Crippen molar-refractivity contribution in [3.63, 3.8) is 0 Å². The highest BCUT2D eigenvalue weighted by Gasteiger charge is 2.24. The molecule has 0 bridgehead atoms. The van der Waals surface area contributed by atoms with E-state index in [4.69, 9.17) is 11.2 Å². The number of carbonyl (C=O) groups is 3. The number of esters is 1. The molecule has 1 aromatic heterocycles. The Balaban J connectivity index is 1.46. The van der Waals surface area contributed by atoms with Crippen LogP contribution in [0.1, 0.15) is 15.9 Å². The highest BCUT2D eigenvalue weighted by Crippen LogP contribution is 2.28. The number of anilines is 1. The maximum absolute atomic E-state index is 12.6. The van der Waals surface area contributed by atoms with Crippen LogP contribution in [0, 0.1) is 12.3 Å². The van der Waals surface area contributed by atoms with Crippen LogP contribution in [0.5, 0.6) is 0 Å². The topological polar surface area (TPSA) is 81.0 Å². The first-order chi connectivity index (χ1) is 16.0. The van der Waals surface area contributed by atoms with E-state index in [9.17, 15) is 14.4 Å². The van der Waals surface area contributed by atoms with Gasteiger partial charge < -0.3 is 14.2 Å². The standard InChI is InChI=1S/C24H21N3O4S2/c1-3-11-27-19-9-8-17(23(30)31-2)13-20(19)33-24(27)25-21(28)14-32-15-22(29)26-12-10-16-6-4-5-7-18(16)26/h1,4-9,13H,10-12,14-15H2,2H3. The molecule has 33 heavy (non-hydrogen) atoms. The average Bonchev–Trinajstić information content (AvgIpc) is 3.40. The second kappa shape index (κ2) is 10.1. The summed E-state index contributed by atoms with van der Waals surface area (Å²) >= 11 is 2.52.